The zero-order valence-electron chi connectivity index (χ0n) is 7.62. The van der Waals surface area contributed by atoms with Crippen molar-refractivity contribution in [2.45, 2.75) is 18.9 Å². The highest BCUT2D eigenvalue weighted by Gasteiger charge is 2.25. The molecule has 0 aromatic rings. The summed E-state index contributed by atoms with van der Waals surface area (Å²) >= 11 is 0. The maximum absolute atomic E-state index is 11.5. The lowest BCUT2D eigenvalue weighted by Crippen LogP contribution is -2.43. The number of nitrogens with one attached hydrogen (secondary N) is 1. The van der Waals surface area contributed by atoms with Crippen molar-refractivity contribution >= 4 is 11.9 Å². The lowest BCUT2D eigenvalue weighted by molar-refractivity contribution is -0.141. The molecule has 0 saturated carbocycles. The number of aliphatic carboxylic acids is 1. The molecule has 1 aliphatic heterocycles. The van der Waals surface area contributed by atoms with Gasteiger partial charge in [-0.05, 0) is 13.0 Å². The highest BCUT2D eigenvalue weighted by molar-refractivity contribution is 5.86. The summed E-state index contributed by atoms with van der Waals surface area (Å²) in [4.78, 5) is 23.5. The van der Waals surface area contributed by atoms with Crippen molar-refractivity contribution in [1.29, 1.82) is 0 Å². The van der Waals surface area contributed by atoms with E-state index >= 15 is 0 Å². The van der Waals surface area contributed by atoms with E-state index in [1.54, 1.807) is 11.9 Å². The molecule has 1 atom stereocenters. The van der Waals surface area contributed by atoms with Crippen molar-refractivity contribution in [3.05, 3.63) is 0 Å². The Kier molecular flexibility index (Phi) is 3.25. The summed E-state index contributed by atoms with van der Waals surface area (Å²) in [6, 6.07) is -0.551. The molecule has 0 spiro atoms. The number of carbonyl (C=O) groups is 2. The Hall–Kier alpha value is -1.10. The third kappa shape index (κ3) is 2.69. The fraction of sp³-hybridized carbons (Fsp3) is 0.750. The molecular formula is C8H14N2O3. The molecule has 0 aromatic carbocycles. The average molecular weight is 186 g/mol. The number of hydrogen-bond donors (Lipinski definition) is 2. The highest BCUT2D eigenvalue weighted by atomic mass is 16.4. The van der Waals surface area contributed by atoms with E-state index in [2.05, 4.69) is 5.32 Å². The van der Waals surface area contributed by atoms with Crippen LogP contribution in [0, 0.1) is 0 Å². The topological polar surface area (TPSA) is 69.6 Å². The van der Waals surface area contributed by atoms with Gasteiger partial charge in [-0.3, -0.25) is 9.59 Å². The largest absolute Gasteiger partial charge is 0.481 e. The minimum Gasteiger partial charge on any atom is -0.481 e. The number of carbonyl (C=O) groups excluding carboxylic acids is 1. The predicted molar refractivity (Wildman–Crippen MR) is 46.3 cm³/mol. The smallest absolute Gasteiger partial charge is 0.305 e. The van der Waals surface area contributed by atoms with Crippen LogP contribution >= 0.6 is 0 Å². The van der Waals surface area contributed by atoms with E-state index in [4.69, 9.17) is 5.11 Å². The standard InChI is InChI=1S/C8H14N2O3/c1-10-4-2-3-9-6(8(10)13)5-7(11)12/h6,9H,2-5H2,1H3,(H,11,12). The van der Waals surface area contributed by atoms with Crippen LogP contribution in [0.5, 0.6) is 0 Å². The Morgan fingerprint density at radius 1 is 1.77 bits per heavy atom. The zero-order valence-corrected chi connectivity index (χ0v) is 7.62. The Labute approximate surface area is 76.7 Å². The van der Waals surface area contributed by atoms with E-state index in [1.165, 1.54) is 0 Å². The van der Waals surface area contributed by atoms with Gasteiger partial charge in [-0.2, -0.15) is 0 Å². The summed E-state index contributed by atoms with van der Waals surface area (Å²) in [5, 5.41) is 11.5. The van der Waals surface area contributed by atoms with Gasteiger partial charge in [0.25, 0.3) is 0 Å². The molecular weight excluding hydrogens is 172 g/mol. The van der Waals surface area contributed by atoms with Crippen molar-refractivity contribution in [3.63, 3.8) is 0 Å². The van der Waals surface area contributed by atoms with Crippen LogP contribution in [0.25, 0.3) is 0 Å². The molecule has 1 heterocycles. The van der Waals surface area contributed by atoms with E-state index in [9.17, 15) is 9.59 Å². The van der Waals surface area contributed by atoms with Crippen molar-refractivity contribution < 1.29 is 14.7 Å². The SMILES string of the molecule is CN1CCCNC(CC(=O)O)C1=O. The first kappa shape index (κ1) is 9.98. The second kappa shape index (κ2) is 4.23. The Morgan fingerprint density at radius 3 is 3.08 bits per heavy atom. The van der Waals surface area contributed by atoms with E-state index in [0.717, 1.165) is 6.42 Å². The van der Waals surface area contributed by atoms with E-state index < -0.39 is 12.0 Å². The molecule has 0 bridgehead atoms. The van der Waals surface area contributed by atoms with Crippen LogP contribution in [0.4, 0.5) is 0 Å². The number of amides is 1. The normalized spacial score (nSPS) is 24.2. The number of nitrogens with zero attached hydrogens (tertiary/aromatic N) is 1. The minimum atomic E-state index is -0.943. The summed E-state index contributed by atoms with van der Waals surface area (Å²) in [6.45, 7) is 1.40. The van der Waals surface area contributed by atoms with Gasteiger partial charge in [0, 0.05) is 13.6 Å². The monoisotopic (exact) mass is 186 g/mol. The first-order valence-corrected chi connectivity index (χ1v) is 4.31. The van der Waals surface area contributed by atoms with E-state index in [-0.39, 0.29) is 12.3 Å². The van der Waals surface area contributed by atoms with Gasteiger partial charge in [0.15, 0.2) is 0 Å². The predicted octanol–water partition coefficient (Wildman–Crippen LogP) is -0.719. The molecule has 1 aliphatic rings. The van der Waals surface area contributed by atoms with Crippen LogP contribution in [-0.2, 0) is 9.59 Å². The quantitative estimate of drug-likeness (QED) is 0.597. The van der Waals surface area contributed by atoms with Gasteiger partial charge in [-0.25, -0.2) is 0 Å². The molecule has 1 fully saturated rings. The average Bonchev–Trinajstić information content (AvgIpc) is 2.19. The van der Waals surface area contributed by atoms with Gasteiger partial charge >= 0.3 is 5.97 Å². The first-order valence-electron chi connectivity index (χ1n) is 4.31. The number of rotatable bonds is 2. The van der Waals surface area contributed by atoms with Crippen LogP contribution in [-0.4, -0.2) is 48.1 Å². The fourth-order valence-electron chi connectivity index (χ4n) is 1.39. The van der Waals surface area contributed by atoms with Crippen LogP contribution in [0.3, 0.4) is 0 Å². The zero-order chi connectivity index (χ0) is 9.84. The second-order valence-electron chi connectivity index (χ2n) is 3.22. The van der Waals surface area contributed by atoms with Crippen molar-refractivity contribution in [2.24, 2.45) is 0 Å². The van der Waals surface area contributed by atoms with Gasteiger partial charge < -0.3 is 15.3 Å². The Bertz CT molecular complexity index is 217. The Balaban J connectivity index is 2.59. The maximum atomic E-state index is 11.5. The van der Waals surface area contributed by atoms with Crippen molar-refractivity contribution in [2.75, 3.05) is 20.1 Å². The number of likely N-dealkylation sites (N-methyl/N-ethyl adjacent to an activating group) is 1. The summed E-state index contributed by atoms with van der Waals surface area (Å²) in [7, 11) is 1.70. The van der Waals surface area contributed by atoms with Crippen LogP contribution in [0.15, 0.2) is 0 Å². The minimum absolute atomic E-state index is 0.125. The molecule has 1 rings (SSSR count). The summed E-state index contributed by atoms with van der Waals surface area (Å²) in [5.74, 6) is -1.07. The third-order valence-electron chi connectivity index (χ3n) is 2.11. The van der Waals surface area contributed by atoms with Crippen molar-refractivity contribution in [3.8, 4) is 0 Å². The summed E-state index contributed by atoms with van der Waals surface area (Å²) < 4.78 is 0. The molecule has 0 aromatic heterocycles. The summed E-state index contributed by atoms with van der Waals surface area (Å²) in [6.07, 6.45) is 0.738. The molecule has 0 radical (unpaired) electrons. The molecule has 1 unspecified atom stereocenters. The number of carboxylic acids is 1. The van der Waals surface area contributed by atoms with Gasteiger partial charge in [-0.1, -0.05) is 0 Å². The van der Waals surface area contributed by atoms with Crippen LogP contribution in [0.1, 0.15) is 12.8 Å². The second-order valence-corrected chi connectivity index (χ2v) is 3.22. The summed E-state index contributed by atoms with van der Waals surface area (Å²) in [5.41, 5.74) is 0. The molecule has 0 aliphatic carbocycles. The van der Waals surface area contributed by atoms with Crippen LogP contribution < -0.4 is 5.32 Å². The first-order chi connectivity index (χ1) is 6.11. The molecule has 5 heteroatoms. The van der Waals surface area contributed by atoms with Gasteiger partial charge in [0.1, 0.15) is 0 Å². The molecule has 74 valence electrons. The lowest BCUT2D eigenvalue weighted by atomic mass is 10.2. The molecule has 1 saturated heterocycles. The lowest BCUT2D eigenvalue weighted by Gasteiger charge is -2.18. The highest BCUT2D eigenvalue weighted by Crippen LogP contribution is 2.03. The van der Waals surface area contributed by atoms with Gasteiger partial charge in [-0.15, -0.1) is 0 Å². The molecule has 13 heavy (non-hydrogen) atoms. The number of carboxylic acid groups (broad SMARTS) is 1. The third-order valence-corrected chi connectivity index (χ3v) is 2.11. The van der Waals surface area contributed by atoms with E-state index in [0.29, 0.717) is 13.1 Å². The van der Waals surface area contributed by atoms with Gasteiger partial charge in [0.05, 0.1) is 12.5 Å². The number of hydrogen-bond acceptors (Lipinski definition) is 3. The van der Waals surface area contributed by atoms with Crippen molar-refractivity contribution in [1.82, 2.24) is 10.2 Å². The van der Waals surface area contributed by atoms with E-state index in [1.807, 2.05) is 0 Å². The molecule has 2 N–H and O–H groups in total. The fourth-order valence-corrected chi connectivity index (χ4v) is 1.39. The van der Waals surface area contributed by atoms with Gasteiger partial charge in [0.2, 0.25) is 5.91 Å². The van der Waals surface area contributed by atoms with Crippen LogP contribution in [0.2, 0.25) is 0 Å². The molecule has 1 amide bonds. The Morgan fingerprint density at radius 2 is 2.46 bits per heavy atom. The maximum Gasteiger partial charge on any atom is 0.305 e. The molecule has 5 nitrogen and oxygen atoms in total.